The summed E-state index contributed by atoms with van der Waals surface area (Å²) in [4.78, 5) is 30.7. The number of imide groups is 1. The first-order valence-corrected chi connectivity index (χ1v) is 10.8. The maximum absolute atomic E-state index is 13.7. The van der Waals surface area contributed by atoms with Crippen molar-refractivity contribution in [2.24, 2.45) is 0 Å². The van der Waals surface area contributed by atoms with Gasteiger partial charge in [0.15, 0.2) is 0 Å². The van der Waals surface area contributed by atoms with Crippen LogP contribution in [0, 0.1) is 0 Å². The number of para-hydroxylation sites is 2. The zero-order chi connectivity index (χ0) is 22.2. The molecule has 0 aliphatic carbocycles. The Morgan fingerprint density at radius 2 is 1.62 bits per heavy atom. The monoisotopic (exact) mass is 444 g/mol. The first-order valence-electron chi connectivity index (χ1n) is 10.4. The minimum absolute atomic E-state index is 0.106. The topological polar surface area (TPSA) is 49.9 Å². The van der Waals surface area contributed by atoms with Gasteiger partial charge in [0.05, 0.1) is 19.2 Å². The number of carbonyl (C=O) groups is 2. The van der Waals surface area contributed by atoms with Gasteiger partial charge >= 0.3 is 0 Å². The number of methoxy groups -OCH3 is 1. The minimum atomic E-state index is -0.348. The highest BCUT2D eigenvalue weighted by Gasteiger charge is 2.44. The van der Waals surface area contributed by atoms with Crippen LogP contribution in [0.3, 0.4) is 0 Å². The summed E-state index contributed by atoms with van der Waals surface area (Å²) in [5, 5.41) is 0.520. The minimum Gasteiger partial charge on any atom is -0.496 e. The fourth-order valence-corrected chi connectivity index (χ4v) is 4.61. The lowest BCUT2D eigenvalue weighted by molar-refractivity contribution is -0.137. The summed E-state index contributed by atoms with van der Waals surface area (Å²) in [5.74, 6) is -0.125. The van der Waals surface area contributed by atoms with Crippen molar-refractivity contribution in [3.8, 4) is 5.75 Å². The Kier molecular flexibility index (Phi) is 5.19. The molecule has 0 bridgehead atoms. The summed E-state index contributed by atoms with van der Waals surface area (Å²) in [5.41, 5.74) is 4.18. The van der Waals surface area contributed by atoms with Crippen LogP contribution in [0.15, 0.2) is 78.5 Å². The molecule has 2 heterocycles. The molecule has 0 saturated heterocycles. The van der Waals surface area contributed by atoms with Crippen LogP contribution in [0.5, 0.6) is 5.75 Å². The lowest BCUT2D eigenvalue weighted by Crippen LogP contribution is -2.34. The molecule has 0 radical (unpaired) electrons. The van der Waals surface area contributed by atoms with Crippen molar-refractivity contribution in [1.29, 1.82) is 0 Å². The number of hydrogen-bond acceptors (Lipinski definition) is 4. The number of hydrogen-bond donors (Lipinski definition) is 0. The van der Waals surface area contributed by atoms with Crippen LogP contribution in [0.25, 0.3) is 5.57 Å². The van der Waals surface area contributed by atoms with Crippen LogP contribution in [0.4, 0.5) is 5.69 Å². The molecule has 0 aromatic heterocycles. The van der Waals surface area contributed by atoms with E-state index in [4.69, 9.17) is 16.3 Å². The van der Waals surface area contributed by atoms with Gasteiger partial charge in [0.2, 0.25) is 0 Å². The van der Waals surface area contributed by atoms with Gasteiger partial charge in [-0.05, 0) is 35.7 Å². The van der Waals surface area contributed by atoms with Crippen LogP contribution < -0.4 is 9.64 Å². The van der Waals surface area contributed by atoms with Crippen molar-refractivity contribution in [2.75, 3.05) is 18.6 Å². The molecule has 3 aromatic rings. The first-order chi connectivity index (χ1) is 15.6. The van der Waals surface area contributed by atoms with Gasteiger partial charge in [-0.15, -0.1) is 0 Å². The van der Waals surface area contributed by atoms with Crippen LogP contribution >= 0.6 is 11.6 Å². The SMILES string of the molecule is COc1ccccc1C1=C(N2CCc3ccccc32)C(=O)N(Cc2ccccc2Cl)C1=O. The molecule has 2 aliphatic heterocycles. The van der Waals surface area contributed by atoms with Crippen molar-refractivity contribution in [2.45, 2.75) is 13.0 Å². The van der Waals surface area contributed by atoms with Crippen molar-refractivity contribution in [3.63, 3.8) is 0 Å². The number of halogens is 1. The zero-order valence-corrected chi connectivity index (χ0v) is 18.3. The molecular formula is C26H21ClN2O3. The smallest absolute Gasteiger partial charge is 0.278 e. The number of carbonyl (C=O) groups excluding carboxylic acids is 2. The third-order valence-electron chi connectivity index (χ3n) is 5.96. The van der Waals surface area contributed by atoms with Crippen molar-refractivity contribution >= 4 is 34.7 Å². The Bertz CT molecular complexity index is 1270. The molecule has 3 aromatic carbocycles. The summed E-state index contributed by atoms with van der Waals surface area (Å²) >= 11 is 6.34. The van der Waals surface area contributed by atoms with E-state index in [1.165, 1.54) is 4.90 Å². The zero-order valence-electron chi connectivity index (χ0n) is 17.5. The second kappa shape index (κ2) is 8.17. The van der Waals surface area contributed by atoms with E-state index < -0.39 is 0 Å². The quantitative estimate of drug-likeness (QED) is 0.536. The van der Waals surface area contributed by atoms with Crippen molar-refractivity contribution in [1.82, 2.24) is 4.90 Å². The molecule has 2 amide bonds. The Morgan fingerprint density at radius 1 is 0.906 bits per heavy atom. The van der Waals surface area contributed by atoms with Crippen molar-refractivity contribution in [3.05, 3.63) is 100 Å². The summed E-state index contributed by atoms with van der Waals surface area (Å²) in [7, 11) is 1.56. The number of anilines is 1. The molecule has 6 heteroatoms. The van der Waals surface area contributed by atoms with Crippen LogP contribution in [0.2, 0.25) is 5.02 Å². The van der Waals surface area contributed by atoms with E-state index in [0.717, 1.165) is 23.2 Å². The van der Waals surface area contributed by atoms with Gasteiger partial charge in [-0.2, -0.15) is 0 Å². The average Bonchev–Trinajstić information content (AvgIpc) is 3.34. The van der Waals surface area contributed by atoms with Crippen LogP contribution in [0.1, 0.15) is 16.7 Å². The number of amides is 2. The molecular weight excluding hydrogens is 424 g/mol. The highest BCUT2D eigenvalue weighted by molar-refractivity contribution is 6.37. The van der Waals surface area contributed by atoms with Crippen LogP contribution in [-0.4, -0.2) is 30.4 Å². The third kappa shape index (κ3) is 3.26. The predicted octanol–water partition coefficient (Wildman–Crippen LogP) is 4.69. The summed E-state index contributed by atoms with van der Waals surface area (Å²) in [6.45, 7) is 0.737. The normalized spacial score (nSPS) is 15.6. The number of fused-ring (bicyclic) bond motifs is 1. The van der Waals surface area contributed by atoms with Gasteiger partial charge in [-0.1, -0.05) is 66.2 Å². The Hall–Kier alpha value is -3.57. The van der Waals surface area contributed by atoms with Gasteiger partial charge in [-0.3, -0.25) is 14.5 Å². The number of benzene rings is 3. The van der Waals surface area contributed by atoms with Crippen LogP contribution in [-0.2, 0) is 22.6 Å². The highest BCUT2D eigenvalue weighted by atomic mass is 35.5. The predicted molar refractivity (Wildman–Crippen MR) is 124 cm³/mol. The Morgan fingerprint density at radius 3 is 2.44 bits per heavy atom. The van der Waals surface area contributed by atoms with E-state index in [1.807, 2.05) is 59.5 Å². The van der Waals surface area contributed by atoms with Crippen molar-refractivity contribution < 1.29 is 14.3 Å². The van der Waals surface area contributed by atoms with Gasteiger partial charge in [0.25, 0.3) is 11.8 Å². The maximum Gasteiger partial charge on any atom is 0.278 e. The molecule has 5 nitrogen and oxygen atoms in total. The van der Waals surface area contributed by atoms with E-state index in [2.05, 4.69) is 6.07 Å². The fourth-order valence-electron chi connectivity index (χ4n) is 4.42. The molecule has 0 atom stereocenters. The van der Waals surface area contributed by atoms with E-state index in [-0.39, 0.29) is 18.4 Å². The van der Waals surface area contributed by atoms with E-state index >= 15 is 0 Å². The van der Waals surface area contributed by atoms with Gasteiger partial charge in [0.1, 0.15) is 11.4 Å². The molecule has 160 valence electrons. The lowest BCUT2D eigenvalue weighted by atomic mass is 10.0. The molecule has 5 rings (SSSR count). The standard InChI is InChI=1S/C26H21ClN2O3/c1-32-22-13-7-4-10-19(22)23-24(28-15-14-17-8-3-6-12-21(17)28)26(31)29(25(23)30)16-18-9-2-5-11-20(18)27/h2-13H,14-16H2,1H3. The molecule has 2 aliphatic rings. The summed E-state index contributed by atoms with van der Waals surface area (Å²) < 4.78 is 5.54. The molecule has 0 unspecified atom stereocenters. The number of rotatable bonds is 5. The Balaban J connectivity index is 1.65. The maximum atomic E-state index is 13.7. The molecule has 32 heavy (non-hydrogen) atoms. The van der Waals surface area contributed by atoms with E-state index in [0.29, 0.717) is 34.2 Å². The fraction of sp³-hybridized carbons (Fsp3) is 0.154. The Labute approximate surface area is 191 Å². The molecule has 0 N–H and O–H groups in total. The molecule has 0 spiro atoms. The number of nitrogens with zero attached hydrogens (tertiary/aromatic N) is 2. The van der Waals surface area contributed by atoms with E-state index in [1.54, 1.807) is 19.2 Å². The highest BCUT2D eigenvalue weighted by Crippen LogP contribution is 2.41. The van der Waals surface area contributed by atoms with Gasteiger partial charge in [0, 0.05) is 22.8 Å². The first kappa shape index (κ1) is 20.3. The summed E-state index contributed by atoms with van der Waals surface area (Å²) in [6.07, 6.45) is 0.810. The number of ether oxygens (including phenoxy) is 1. The van der Waals surface area contributed by atoms with E-state index in [9.17, 15) is 9.59 Å². The summed E-state index contributed by atoms with van der Waals surface area (Å²) in [6, 6.07) is 22.5. The van der Waals surface area contributed by atoms with Gasteiger partial charge in [-0.25, -0.2) is 0 Å². The molecule has 0 fully saturated rings. The average molecular weight is 445 g/mol. The lowest BCUT2D eigenvalue weighted by Gasteiger charge is -2.22. The molecule has 0 saturated carbocycles. The van der Waals surface area contributed by atoms with Gasteiger partial charge < -0.3 is 9.64 Å². The largest absolute Gasteiger partial charge is 0.496 e. The second-order valence-electron chi connectivity index (χ2n) is 7.74. The second-order valence-corrected chi connectivity index (χ2v) is 8.15. The third-order valence-corrected chi connectivity index (χ3v) is 6.33.